The fraction of sp³-hybridized carbons (Fsp3) is 0.394. The Balaban J connectivity index is 1.36. The molecule has 2 amide bonds. The van der Waals surface area contributed by atoms with Gasteiger partial charge >= 0.3 is 0 Å². The van der Waals surface area contributed by atoms with E-state index in [2.05, 4.69) is 4.90 Å². The molecule has 0 spiro atoms. The SMILES string of the molecule is COc1ccccc1N1CCN(C(=O)[C@@H]2CCC(=O)N(c3ccc4c(c3)OCO4)[C@H]2c2cc(OC)c(OC)c(OC)c2)CC1. The molecule has 0 bridgehead atoms. The largest absolute Gasteiger partial charge is 0.495 e. The summed E-state index contributed by atoms with van der Waals surface area (Å²) in [5.74, 6) is 2.70. The molecular weight excluding hydrogens is 566 g/mol. The van der Waals surface area contributed by atoms with Gasteiger partial charge in [0.1, 0.15) is 5.75 Å². The normalized spacial score (nSPS) is 19.5. The van der Waals surface area contributed by atoms with Crippen LogP contribution in [0, 0.1) is 5.92 Å². The first kappa shape index (κ1) is 29.3. The zero-order valence-corrected chi connectivity index (χ0v) is 25.4. The Morgan fingerprint density at radius 2 is 1.48 bits per heavy atom. The molecule has 44 heavy (non-hydrogen) atoms. The molecule has 11 heteroatoms. The van der Waals surface area contributed by atoms with Crippen LogP contribution in [0.15, 0.2) is 54.6 Å². The van der Waals surface area contributed by atoms with E-state index in [9.17, 15) is 9.59 Å². The minimum absolute atomic E-state index is 0.00155. The highest BCUT2D eigenvalue weighted by atomic mass is 16.7. The third-order valence-electron chi connectivity index (χ3n) is 8.59. The minimum atomic E-state index is -0.634. The standard InChI is InChI=1S/C33H37N3O8/c1-39-25-8-6-5-7-24(25)34-13-15-35(16-14-34)33(38)23-10-12-30(37)36(22-9-11-26-27(19-22)44-20-43-26)31(23)21-17-28(40-2)32(42-4)29(18-21)41-3/h5-9,11,17-19,23,31H,10,12-16,20H2,1-4H3/t23-,31+/m1/s1. The van der Waals surface area contributed by atoms with Gasteiger partial charge in [0.15, 0.2) is 23.0 Å². The highest BCUT2D eigenvalue weighted by molar-refractivity contribution is 5.98. The van der Waals surface area contributed by atoms with Crippen molar-refractivity contribution in [1.29, 1.82) is 0 Å². The highest BCUT2D eigenvalue weighted by Gasteiger charge is 2.44. The van der Waals surface area contributed by atoms with Crippen LogP contribution < -0.4 is 38.2 Å². The van der Waals surface area contributed by atoms with E-state index in [1.54, 1.807) is 45.5 Å². The number of benzene rings is 3. The Kier molecular flexibility index (Phi) is 8.28. The zero-order valence-electron chi connectivity index (χ0n) is 25.4. The quantitative estimate of drug-likeness (QED) is 0.374. The van der Waals surface area contributed by atoms with E-state index in [-0.39, 0.29) is 25.0 Å². The van der Waals surface area contributed by atoms with Gasteiger partial charge in [-0.25, -0.2) is 0 Å². The topological polar surface area (TPSA) is 99.2 Å². The summed E-state index contributed by atoms with van der Waals surface area (Å²) in [4.78, 5) is 34.0. The van der Waals surface area contributed by atoms with Crippen LogP contribution in [0.3, 0.4) is 0 Å². The molecule has 3 aromatic carbocycles. The molecule has 3 aromatic rings. The number of piperidine rings is 1. The predicted octanol–water partition coefficient (Wildman–Crippen LogP) is 4.28. The number of hydrogen-bond donors (Lipinski definition) is 0. The lowest BCUT2D eigenvalue weighted by atomic mass is 9.82. The molecule has 2 atom stereocenters. The van der Waals surface area contributed by atoms with Crippen LogP contribution in [0.5, 0.6) is 34.5 Å². The van der Waals surface area contributed by atoms with E-state index in [0.717, 1.165) is 11.4 Å². The van der Waals surface area contributed by atoms with Gasteiger partial charge in [-0.15, -0.1) is 0 Å². The number of fused-ring (bicyclic) bond motifs is 1. The van der Waals surface area contributed by atoms with Crippen LogP contribution in [0.4, 0.5) is 11.4 Å². The third kappa shape index (κ3) is 5.27. The number of carbonyl (C=O) groups is 2. The van der Waals surface area contributed by atoms with Crippen molar-refractivity contribution in [3.05, 3.63) is 60.2 Å². The van der Waals surface area contributed by atoms with Gasteiger partial charge in [-0.2, -0.15) is 0 Å². The zero-order chi connectivity index (χ0) is 30.8. The summed E-state index contributed by atoms with van der Waals surface area (Å²) in [6, 6.07) is 16.3. The summed E-state index contributed by atoms with van der Waals surface area (Å²) in [7, 11) is 6.30. The predicted molar refractivity (Wildman–Crippen MR) is 163 cm³/mol. The van der Waals surface area contributed by atoms with Crippen LogP contribution >= 0.6 is 0 Å². The van der Waals surface area contributed by atoms with Crippen molar-refractivity contribution in [2.24, 2.45) is 5.92 Å². The summed E-state index contributed by atoms with van der Waals surface area (Å²) in [5, 5.41) is 0. The molecule has 2 fully saturated rings. The Morgan fingerprint density at radius 3 is 2.16 bits per heavy atom. The van der Waals surface area contributed by atoms with Crippen LogP contribution in [-0.2, 0) is 9.59 Å². The van der Waals surface area contributed by atoms with Gasteiger partial charge in [0.2, 0.25) is 24.4 Å². The fourth-order valence-electron chi connectivity index (χ4n) is 6.44. The lowest BCUT2D eigenvalue weighted by molar-refractivity contribution is -0.138. The van der Waals surface area contributed by atoms with E-state index in [1.165, 1.54) is 0 Å². The van der Waals surface area contributed by atoms with Crippen molar-refractivity contribution in [3.8, 4) is 34.5 Å². The second-order valence-electron chi connectivity index (χ2n) is 10.8. The van der Waals surface area contributed by atoms with E-state index >= 15 is 0 Å². The molecule has 0 N–H and O–H groups in total. The Hall–Kier alpha value is -4.80. The fourth-order valence-corrected chi connectivity index (χ4v) is 6.44. The smallest absolute Gasteiger partial charge is 0.231 e. The molecule has 0 unspecified atom stereocenters. The van der Waals surface area contributed by atoms with Crippen LogP contribution in [-0.4, -0.2) is 78.1 Å². The molecular formula is C33H37N3O8. The summed E-state index contributed by atoms with van der Waals surface area (Å²) < 4.78 is 33.6. The Morgan fingerprint density at radius 1 is 0.795 bits per heavy atom. The van der Waals surface area contributed by atoms with E-state index in [0.29, 0.717) is 72.6 Å². The number of carbonyl (C=O) groups excluding carboxylic acids is 2. The molecule has 11 nitrogen and oxygen atoms in total. The number of amides is 2. The molecule has 2 saturated heterocycles. The maximum absolute atomic E-state index is 14.4. The van der Waals surface area contributed by atoms with E-state index < -0.39 is 12.0 Å². The number of para-hydroxylation sites is 2. The Bertz CT molecular complexity index is 1510. The number of rotatable bonds is 8. The summed E-state index contributed by atoms with van der Waals surface area (Å²) >= 11 is 0. The summed E-state index contributed by atoms with van der Waals surface area (Å²) in [6.07, 6.45) is 0.639. The van der Waals surface area contributed by atoms with Gasteiger partial charge in [-0.05, 0) is 48.4 Å². The Labute approximate surface area is 256 Å². The first-order valence-electron chi connectivity index (χ1n) is 14.7. The van der Waals surface area contributed by atoms with E-state index in [1.807, 2.05) is 47.4 Å². The highest BCUT2D eigenvalue weighted by Crippen LogP contribution is 2.48. The van der Waals surface area contributed by atoms with Crippen molar-refractivity contribution in [2.75, 3.05) is 71.2 Å². The molecule has 0 saturated carbocycles. The molecule has 0 radical (unpaired) electrons. The molecule has 6 rings (SSSR count). The average molecular weight is 604 g/mol. The maximum atomic E-state index is 14.4. The second-order valence-corrected chi connectivity index (χ2v) is 10.8. The number of nitrogens with zero attached hydrogens (tertiary/aromatic N) is 3. The van der Waals surface area contributed by atoms with Gasteiger partial charge in [-0.1, -0.05) is 12.1 Å². The lowest BCUT2D eigenvalue weighted by Crippen LogP contribution is -2.54. The van der Waals surface area contributed by atoms with Gasteiger partial charge in [0.25, 0.3) is 0 Å². The molecule has 0 aromatic heterocycles. The first-order valence-corrected chi connectivity index (χ1v) is 14.7. The number of anilines is 2. The van der Waals surface area contributed by atoms with Crippen LogP contribution in [0.25, 0.3) is 0 Å². The number of methoxy groups -OCH3 is 4. The molecule has 232 valence electrons. The van der Waals surface area contributed by atoms with Crippen molar-refractivity contribution in [3.63, 3.8) is 0 Å². The van der Waals surface area contributed by atoms with Crippen molar-refractivity contribution >= 4 is 23.2 Å². The number of ether oxygens (including phenoxy) is 6. The van der Waals surface area contributed by atoms with Gasteiger partial charge in [0, 0.05) is 44.4 Å². The molecule has 3 aliphatic heterocycles. The van der Waals surface area contributed by atoms with Crippen LogP contribution in [0.2, 0.25) is 0 Å². The van der Waals surface area contributed by atoms with E-state index in [4.69, 9.17) is 28.4 Å². The summed E-state index contributed by atoms with van der Waals surface area (Å²) in [5.41, 5.74) is 2.34. The summed E-state index contributed by atoms with van der Waals surface area (Å²) in [6.45, 7) is 2.54. The molecule has 3 aliphatic rings. The van der Waals surface area contributed by atoms with Crippen molar-refractivity contribution in [2.45, 2.75) is 18.9 Å². The third-order valence-corrected chi connectivity index (χ3v) is 8.59. The van der Waals surface area contributed by atoms with Gasteiger partial charge in [0.05, 0.1) is 46.1 Å². The van der Waals surface area contributed by atoms with Crippen LogP contribution in [0.1, 0.15) is 24.4 Å². The lowest BCUT2D eigenvalue weighted by Gasteiger charge is -2.44. The molecule has 3 heterocycles. The van der Waals surface area contributed by atoms with Crippen molar-refractivity contribution in [1.82, 2.24) is 4.90 Å². The van der Waals surface area contributed by atoms with Crippen molar-refractivity contribution < 1.29 is 38.0 Å². The monoisotopic (exact) mass is 603 g/mol. The maximum Gasteiger partial charge on any atom is 0.231 e. The first-order chi connectivity index (χ1) is 21.5. The average Bonchev–Trinajstić information content (AvgIpc) is 3.55. The van der Waals surface area contributed by atoms with Gasteiger partial charge < -0.3 is 43.1 Å². The molecule has 0 aliphatic carbocycles. The second kappa shape index (κ2) is 12.4. The van der Waals surface area contributed by atoms with Gasteiger partial charge in [-0.3, -0.25) is 9.59 Å². The number of hydrogen-bond acceptors (Lipinski definition) is 9. The minimum Gasteiger partial charge on any atom is -0.495 e. The number of piperazine rings is 1.